The van der Waals surface area contributed by atoms with Crippen LogP contribution in [-0.4, -0.2) is 24.1 Å². The number of imidazole rings is 1. The molecule has 0 saturated heterocycles. The highest BCUT2D eigenvalue weighted by Crippen LogP contribution is 2.36. The molecule has 4 rings (SSSR count). The van der Waals surface area contributed by atoms with Gasteiger partial charge in [0, 0.05) is 26.6 Å². The van der Waals surface area contributed by atoms with Crippen LogP contribution in [0.25, 0.3) is 11.0 Å². The third kappa shape index (κ3) is 3.96. The molecule has 1 N–H and O–H groups in total. The molecule has 1 saturated carbocycles. The predicted octanol–water partition coefficient (Wildman–Crippen LogP) is 3.52. The topological polar surface area (TPSA) is 73.1 Å². The quantitative estimate of drug-likeness (QED) is 0.654. The van der Waals surface area contributed by atoms with Crippen molar-refractivity contribution in [3.05, 3.63) is 64.6 Å². The molecule has 0 unspecified atom stereocenters. The first-order chi connectivity index (χ1) is 14.4. The van der Waals surface area contributed by atoms with Gasteiger partial charge in [-0.25, -0.2) is 17.9 Å². The standard InChI is InChI=1S/C23H29N3O3S/c1-25-21-14-13-19(15-22(21)26(2)23(25)27)30(28,29)24-16-20(17-9-5-3-6-10-17)18-11-7-4-8-12-18/h3,5-6,9-10,13-15,18,20,24H,4,7-8,11-12,16H2,1-2H3/t20-/m0/s1. The average Bonchev–Trinajstić information content (AvgIpc) is 2.99. The van der Waals surface area contributed by atoms with E-state index in [0.717, 1.165) is 12.8 Å². The number of aryl methyl sites for hydroxylation is 2. The Morgan fingerprint density at radius 1 is 0.967 bits per heavy atom. The first-order valence-electron chi connectivity index (χ1n) is 10.6. The van der Waals surface area contributed by atoms with E-state index >= 15 is 0 Å². The molecule has 0 bridgehead atoms. The first-order valence-corrected chi connectivity index (χ1v) is 12.1. The summed E-state index contributed by atoms with van der Waals surface area (Å²) in [7, 11) is -0.346. The lowest BCUT2D eigenvalue weighted by Gasteiger charge is -2.31. The van der Waals surface area contributed by atoms with Crippen LogP contribution in [0.2, 0.25) is 0 Å². The molecule has 1 fully saturated rings. The van der Waals surface area contributed by atoms with Gasteiger partial charge >= 0.3 is 5.69 Å². The van der Waals surface area contributed by atoms with Crippen LogP contribution >= 0.6 is 0 Å². The Balaban J connectivity index is 1.60. The summed E-state index contributed by atoms with van der Waals surface area (Å²) >= 11 is 0. The Bertz CT molecular complexity index is 1190. The van der Waals surface area contributed by atoms with Crippen LogP contribution in [0.1, 0.15) is 43.6 Å². The zero-order valence-corrected chi connectivity index (χ0v) is 18.4. The second kappa shape index (κ2) is 8.40. The molecule has 1 heterocycles. The van der Waals surface area contributed by atoms with Gasteiger partial charge in [0.1, 0.15) is 0 Å². The van der Waals surface area contributed by atoms with Crippen LogP contribution in [-0.2, 0) is 24.1 Å². The van der Waals surface area contributed by atoms with E-state index in [-0.39, 0.29) is 16.5 Å². The SMILES string of the molecule is Cn1c(=O)n(C)c2cc(S(=O)(=O)NC[C@@H](c3ccccc3)C3CCCCC3)ccc21. The van der Waals surface area contributed by atoms with Crippen LogP contribution in [0, 0.1) is 5.92 Å². The molecule has 30 heavy (non-hydrogen) atoms. The summed E-state index contributed by atoms with van der Waals surface area (Å²) in [5.74, 6) is 0.646. The van der Waals surface area contributed by atoms with Gasteiger partial charge in [0.15, 0.2) is 0 Å². The van der Waals surface area contributed by atoms with Crippen LogP contribution in [0.15, 0.2) is 58.2 Å². The molecule has 0 amide bonds. The highest BCUT2D eigenvalue weighted by atomic mass is 32.2. The zero-order valence-electron chi connectivity index (χ0n) is 17.5. The van der Waals surface area contributed by atoms with E-state index in [4.69, 9.17) is 0 Å². The fourth-order valence-electron chi connectivity index (χ4n) is 4.73. The van der Waals surface area contributed by atoms with Gasteiger partial charge in [0.25, 0.3) is 0 Å². The van der Waals surface area contributed by atoms with Crippen molar-refractivity contribution >= 4 is 21.1 Å². The maximum atomic E-state index is 13.1. The molecule has 1 aliphatic rings. The maximum Gasteiger partial charge on any atom is 0.328 e. The number of sulfonamides is 1. The normalized spacial score (nSPS) is 16.7. The minimum Gasteiger partial charge on any atom is -0.295 e. The zero-order chi connectivity index (χ0) is 21.3. The average molecular weight is 428 g/mol. The third-order valence-corrected chi connectivity index (χ3v) is 7.91. The molecule has 6 nitrogen and oxygen atoms in total. The van der Waals surface area contributed by atoms with Crippen LogP contribution in [0.5, 0.6) is 0 Å². The molecule has 2 aromatic carbocycles. The van der Waals surface area contributed by atoms with Gasteiger partial charge in [-0.1, -0.05) is 49.6 Å². The lowest BCUT2D eigenvalue weighted by molar-refractivity contribution is 0.303. The van der Waals surface area contributed by atoms with Crippen LogP contribution in [0.3, 0.4) is 0 Å². The van der Waals surface area contributed by atoms with E-state index in [1.54, 1.807) is 32.3 Å². The van der Waals surface area contributed by atoms with E-state index in [1.165, 1.54) is 34.0 Å². The Hall–Kier alpha value is -2.38. The van der Waals surface area contributed by atoms with E-state index in [1.807, 2.05) is 18.2 Å². The van der Waals surface area contributed by atoms with Crippen LogP contribution < -0.4 is 10.4 Å². The van der Waals surface area contributed by atoms with Crippen molar-refractivity contribution in [3.8, 4) is 0 Å². The van der Waals surface area contributed by atoms with Crippen LogP contribution in [0.4, 0.5) is 0 Å². The molecule has 1 atom stereocenters. The summed E-state index contributed by atoms with van der Waals surface area (Å²) < 4.78 is 32.0. The summed E-state index contributed by atoms with van der Waals surface area (Å²) in [4.78, 5) is 12.3. The Morgan fingerprint density at radius 2 is 1.63 bits per heavy atom. The van der Waals surface area contributed by atoms with Crippen molar-refractivity contribution in [2.24, 2.45) is 20.0 Å². The molecule has 1 aliphatic carbocycles. The fraction of sp³-hybridized carbons (Fsp3) is 0.435. The number of hydrogen-bond donors (Lipinski definition) is 1. The molecule has 0 aliphatic heterocycles. The van der Waals surface area contributed by atoms with E-state index in [9.17, 15) is 13.2 Å². The molecular formula is C23H29N3O3S. The monoisotopic (exact) mass is 427 g/mol. The number of rotatable bonds is 6. The molecular weight excluding hydrogens is 398 g/mol. The maximum absolute atomic E-state index is 13.1. The van der Waals surface area contributed by atoms with Gasteiger partial charge in [-0.3, -0.25) is 9.13 Å². The molecule has 0 radical (unpaired) electrons. The lowest BCUT2D eigenvalue weighted by Crippen LogP contribution is -2.32. The second-order valence-corrected chi connectivity index (χ2v) is 10.1. The molecule has 7 heteroatoms. The molecule has 0 spiro atoms. The van der Waals surface area contributed by atoms with Crippen molar-refractivity contribution in [2.45, 2.75) is 42.9 Å². The summed E-state index contributed by atoms with van der Waals surface area (Å²) in [6.45, 7) is 0.378. The Kier molecular flexibility index (Phi) is 5.84. The molecule has 3 aromatic rings. The minimum absolute atomic E-state index is 0.158. The second-order valence-electron chi connectivity index (χ2n) is 8.32. The predicted molar refractivity (Wildman–Crippen MR) is 119 cm³/mol. The molecule has 160 valence electrons. The minimum atomic E-state index is -3.69. The van der Waals surface area contributed by atoms with Gasteiger partial charge in [-0.15, -0.1) is 0 Å². The molecule has 1 aromatic heterocycles. The third-order valence-electron chi connectivity index (χ3n) is 6.49. The Labute approximate surface area is 177 Å². The van der Waals surface area contributed by atoms with Crippen molar-refractivity contribution < 1.29 is 8.42 Å². The first kappa shape index (κ1) is 20.9. The summed E-state index contributed by atoms with van der Waals surface area (Å²) in [6, 6.07) is 15.1. The van der Waals surface area contributed by atoms with Gasteiger partial charge in [0.2, 0.25) is 10.0 Å². The summed E-state index contributed by atoms with van der Waals surface area (Å²) in [5.41, 5.74) is 2.34. The van der Waals surface area contributed by atoms with Gasteiger partial charge in [-0.05, 0) is 42.5 Å². The van der Waals surface area contributed by atoms with E-state index < -0.39 is 10.0 Å². The highest BCUT2D eigenvalue weighted by Gasteiger charge is 2.27. The van der Waals surface area contributed by atoms with Gasteiger partial charge < -0.3 is 0 Å². The van der Waals surface area contributed by atoms with Crippen molar-refractivity contribution in [3.63, 3.8) is 0 Å². The smallest absolute Gasteiger partial charge is 0.295 e. The summed E-state index contributed by atoms with van der Waals surface area (Å²) in [6.07, 6.45) is 5.96. The van der Waals surface area contributed by atoms with Gasteiger partial charge in [0.05, 0.1) is 15.9 Å². The number of aromatic nitrogens is 2. The summed E-state index contributed by atoms with van der Waals surface area (Å²) in [5, 5.41) is 0. The number of nitrogens with one attached hydrogen (secondary N) is 1. The fourth-order valence-corrected chi connectivity index (χ4v) is 5.81. The highest BCUT2D eigenvalue weighted by molar-refractivity contribution is 7.89. The number of benzene rings is 2. The van der Waals surface area contributed by atoms with Gasteiger partial charge in [-0.2, -0.15) is 0 Å². The van der Waals surface area contributed by atoms with Crippen molar-refractivity contribution in [1.29, 1.82) is 0 Å². The van der Waals surface area contributed by atoms with Crippen molar-refractivity contribution in [1.82, 2.24) is 13.9 Å². The van der Waals surface area contributed by atoms with E-state index in [2.05, 4.69) is 16.9 Å². The largest absolute Gasteiger partial charge is 0.328 e. The number of hydrogen-bond acceptors (Lipinski definition) is 3. The Morgan fingerprint density at radius 3 is 2.33 bits per heavy atom. The number of nitrogens with zero attached hydrogens (tertiary/aromatic N) is 2. The number of fused-ring (bicyclic) bond motifs is 1. The van der Waals surface area contributed by atoms with E-state index in [0.29, 0.717) is 23.5 Å². The van der Waals surface area contributed by atoms with Crippen molar-refractivity contribution in [2.75, 3.05) is 6.54 Å². The lowest BCUT2D eigenvalue weighted by atomic mass is 9.77.